The van der Waals surface area contributed by atoms with Gasteiger partial charge in [0.2, 0.25) is 0 Å². The molecule has 0 aromatic heterocycles. The van der Waals surface area contributed by atoms with Gasteiger partial charge in [-0.3, -0.25) is 14.6 Å². The minimum absolute atomic E-state index is 0.274. The Kier molecular flexibility index (Phi) is 5.52. The molecule has 0 radical (unpaired) electrons. The Morgan fingerprint density at radius 3 is 2.52 bits per heavy atom. The highest BCUT2D eigenvalue weighted by atomic mass is 79.9. The fraction of sp³-hybridized carbons (Fsp3) is 0.238. The molecule has 2 heterocycles. The number of carbonyl (C=O) groups is 2. The lowest BCUT2D eigenvalue weighted by atomic mass is 10.1. The van der Waals surface area contributed by atoms with Gasteiger partial charge in [-0.05, 0) is 23.0 Å². The molecule has 1 fully saturated rings. The second kappa shape index (κ2) is 8.08. The molecule has 2 aliphatic heterocycles. The van der Waals surface area contributed by atoms with Gasteiger partial charge in [-0.25, -0.2) is 9.37 Å². The number of hydrogen-bond donors (Lipinski definition) is 0. The van der Waals surface area contributed by atoms with Crippen LogP contribution in [0, 0.1) is 0 Å². The van der Waals surface area contributed by atoms with Crippen LogP contribution >= 0.6 is 27.5 Å². The summed E-state index contributed by atoms with van der Waals surface area (Å²) in [6, 6.07) is 16.3. The molecule has 148 valence electrons. The summed E-state index contributed by atoms with van der Waals surface area (Å²) in [5.41, 5.74) is 1.95. The lowest BCUT2D eigenvalue weighted by molar-refractivity contribution is -0.548. The van der Waals surface area contributed by atoms with Gasteiger partial charge in [0.15, 0.2) is 0 Å². The number of nitrogens with zero attached hydrogens (tertiary/aromatic N) is 4. The molecule has 2 aliphatic rings. The highest BCUT2D eigenvalue weighted by Gasteiger charge is 2.53. The number of amidine groups is 2. The maximum Gasteiger partial charge on any atom is 0.365 e. The molecule has 6 nitrogen and oxygen atoms in total. The molecule has 2 aromatic rings. The van der Waals surface area contributed by atoms with Gasteiger partial charge >= 0.3 is 10.8 Å². The van der Waals surface area contributed by atoms with Crippen LogP contribution in [0.25, 0.3) is 0 Å². The molecule has 3 amide bonds. The van der Waals surface area contributed by atoms with E-state index in [1.165, 1.54) is 9.80 Å². The summed E-state index contributed by atoms with van der Waals surface area (Å²) in [5, 5.41) is 0.620. The van der Waals surface area contributed by atoms with Gasteiger partial charge in [-0.2, -0.15) is 0 Å². The van der Waals surface area contributed by atoms with Crippen molar-refractivity contribution in [2.24, 2.45) is 4.99 Å². The van der Waals surface area contributed by atoms with Crippen molar-refractivity contribution in [2.45, 2.75) is 19.0 Å². The van der Waals surface area contributed by atoms with Crippen LogP contribution in [0.5, 0.6) is 0 Å². The first-order valence-electron chi connectivity index (χ1n) is 9.21. The summed E-state index contributed by atoms with van der Waals surface area (Å²) in [6.07, 6.45) is 0.598. The van der Waals surface area contributed by atoms with Gasteiger partial charge < -0.3 is 0 Å². The number of benzene rings is 2. The van der Waals surface area contributed by atoms with Crippen LogP contribution in [-0.4, -0.2) is 56.5 Å². The number of amides is 3. The van der Waals surface area contributed by atoms with E-state index in [1.54, 1.807) is 7.05 Å². The van der Waals surface area contributed by atoms with E-state index < -0.39 is 6.04 Å². The van der Waals surface area contributed by atoms with Crippen LogP contribution in [0.3, 0.4) is 0 Å². The zero-order valence-electron chi connectivity index (χ0n) is 15.8. The van der Waals surface area contributed by atoms with E-state index in [-0.39, 0.29) is 11.9 Å². The van der Waals surface area contributed by atoms with Crippen molar-refractivity contribution in [1.82, 2.24) is 9.80 Å². The summed E-state index contributed by atoms with van der Waals surface area (Å²) < 4.78 is 2.34. The topological polar surface area (TPSA) is 56.0 Å². The zero-order valence-corrected chi connectivity index (χ0v) is 18.1. The number of aliphatic imine (C=N–C) groups is 1. The number of urea groups is 1. The van der Waals surface area contributed by atoms with E-state index in [0.717, 1.165) is 11.1 Å². The van der Waals surface area contributed by atoms with Crippen molar-refractivity contribution in [2.75, 3.05) is 13.6 Å². The van der Waals surface area contributed by atoms with Gasteiger partial charge in [-0.1, -0.05) is 60.1 Å². The highest BCUT2D eigenvalue weighted by Crippen LogP contribution is 2.25. The third-order valence-corrected chi connectivity index (χ3v) is 6.13. The van der Waals surface area contributed by atoms with Crippen molar-refractivity contribution in [3.63, 3.8) is 0 Å². The summed E-state index contributed by atoms with van der Waals surface area (Å²) in [5.74, 6) is 0.152. The van der Waals surface area contributed by atoms with E-state index in [0.29, 0.717) is 35.1 Å². The maximum atomic E-state index is 13.3. The van der Waals surface area contributed by atoms with Gasteiger partial charge in [0, 0.05) is 24.2 Å². The molecule has 1 atom stereocenters. The lowest BCUT2D eigenvalue weighted by Gasteiger charge is -2.33. The Balaban J connectivity index is 1.59. The van der Waals surface area contributed by atoms with Crippen molar-refractivity contribution in [3.8, 4) is 0 Å². The Morgan fingerprint density at radius 2 is 1.79 bits per heavy atom. The molecule has 0 N–H and O–H groups in total. The molecular weight excluding hydrogens is 456 g/mol. The summed E-state index contributed by atoms with van der Waals surface area (Å²) in [7, 11) is 1.65. The molecule has 0 spiro atoms. The van der Waals surface area contributed by atoms with Crippen molar-refractivity contribution in [1.29, 1.82) is 0 Å². The molecule has 0 bridgehead atoms. The van der Waals surface area contributed by atoms with Crippen molar-refractivity contribution < 1.29 is 14.2 Å². The Bertz CT molecular complexity index is 1040. The Morgan fingerprint density at radius 1 is 1.10 bits per heavy atom. The van der Waals surface area contributed by atoms with Crippen LogP contribution in [0.2, 0.25) is 5.02 Å². The number of hydrogen-bond acceptors (Lipinski definition) is 3. The summed E-state index contributed by atoms with van der Waals surface area (Å²) in [6.45, 7) is 0.714. The molecule has 0 saturated carbocycles. The smallest absolute Gasteiger partial charge is 0.269 e. The summed E-state index contributed by atoms with van der Waals surface area (Å²) in [4.78, 5) is 33.3. The van der Waals surface area contributed by atoms with Crippen molar-refractivity contribution in [3.05, 3.63) is 70.7 Å². The number of imide groups is 1. The number of halogens is 2. The van der Waals surface area contributed by atoms with E-state index in [4.69, 9.17) is 11.6 Å². The average molecular weight is 475 g/mol. The number of fused-ring (bicyclic) bond motifs is 1. The monoisotopic (exact) mass is 473 g/mol. The maximum absolute atomic E-state index is 13.3. The fourth-order valence-electron chi connectivity index (χ4n) is 3.55. The molecule has 1 saturated heterocycles. The standard InChI is InChI=1S/C21H19BrClN4O2/c1-25-18-17(27(20(22)24-18)13-15-9-5-6-10-16(15)23)19(28)26(21(25)29)12-11-14-7-3-2-4-8-14/h2-10,17H,11-13H2,1H3/q+1. The average Bonchev–Trinajstić information content (AvgIpc) is 3.05. The highest BCUT2D eigenvalue weighted by molar-refractivity contribution is 9.18. The minimum Gasteiger partial charge on any atom is -0.269 e. The number of likely N-dealkylation sites (N-methyl/N-ethyl adjacent to an activating group) is 1. The van der Waals surface area contributed by atoms with E-state index in [9.17, 15) is 9.59 Å². The van der Waals surface area contributed by atoms with E-state index in [2.05, 4.69) is 20.9 Å². The minimum atomic E-state index is -0.667. The Labute approximate surface area is 182 Å². The van der Waals surface area contributed by atoms with Crippen LogP contribution in [0.4, 0.5) is 4.79 Å². The van der Waals surface area contributed by atoms with Crippen LogP contribution in [-0.2, 0) is 17.8 Å². The van der Waals surface area contributed by atoms with Crippen LogP contribution in [0.1, 0.15) is 11.1 Å². The first kappa shape index (κ1) is 19.8. The van der Waals surface area contributed by atoms with E-state index in [1.807, 2.05) is 59.2 Å². The predicted octanol–water partition coefficient (Wildman–Crippen LogP) is 3.52. The van der Waals surface area contributed by atoms with Gasteiger partial charge in [-0.15, -0.1) is 0 Å². The third-order valence-electron chi connectivity index (χ3n) is 5.13. The number of rotatable bonds is 5. The molecule has 0 aliphatic carbocycles. The molecule has 4 rings (SSSR count). The number of carbonyl (C=O) groups excluding carboxylic acids is 2. The zero-order chi connectivity index (χ0) is 20.5. The molecular formula is C21H19BrClN4O2+. The van der Waals surface area contributed by atoms with E-state index >= 15 is 0 Å². The molecule has 2 aromatic carbocycles. The molecule has 1 unspecified atom stereocenters. The second-order valence-corrected chi connectivity index (χ2v) is 8.04. The van der Waals surface area contributed by atoms with Gasteiger partial charge in [0.05, 0.1) is 15.9 Å². The molecule has 29 heavy (non-hydrogen) atoms. The first-order chi connectivity index (χ1) is 14.0. The van der Waals surface area contributed by atoms with Crippen LogP contribution in [0.15, 0.2) is 59.6 Å². The van der Waals surface area contributed by atoms with Crippen LogP contribution < -0.4 is 0 Å². The third kappa shape index (κ3) is 3.72. The first-order valence-corrected chi connectivity index (χ1v) is 10.4. The van der Waals surface area contributed by atoms with Gasteiger partial charge in [0.1, 0.15) is 6.54 Å². The second-order valence-electron chi connectivity index (χ2n) is 6.93. The van der Waals surface area contributed by atoms with Gasteiger partial charge in [0.25, 0.3) is 17.8 Å². The predicted molar refractivity (Wildman–Crippen MR) is 116 cm³/mol. The summed E-state index contributed by atoms with van der Waals surface area (Å²) >= 11 is 9.76. The fourth-order valence-corrected chi connectivity index (χ4v) is 4.25. The largest absolute Gasteiger partial charge is 0.365 e. The quantitative estimate of drug-likeness (QED) is 0.492. The SMILES string of the molecule is CN1C(=O)N(CCc2ccccc2)C(=O)C2C1=NC(Br)=[N+]2Cc1ccccc1Cl. The normalized spacial score (nSPS) is 19.0. The van der Waals surface area contributed by atoms with Crippen molar-refractivity contribution >= 4 is 50.0 Å². The Hall–Kier alpha value is -2.51. The molecule has 8 heteroatoms. The lowest BCUT2D eigenvalue weighted by Crippen LogP contribution is -2.62.